The molecule has 2 amide bonds. The molecule has 1 unspecified atom stereocenters. The van der Waals surface area contributed by atoms with E-state index in [-0.39, 0.29) is 5.91 Å². The molecule has 0 heterocycles. The van der Waals surface area contributed by atoms with Gasteiger partial charge in [-0.1, -0.05) is 23.7 Å². The van der Waals surface area contributed by atoms with Crippen molar-refractivity contribution in [1.82, 2.24) is 5.32 Å². The monoisotopic (exact) mass is 312 g/mol. The molecule has 21 heavy (non-hydrogen) atoms. The van der Waals surface area contributed by atoms with E-state index in [1.807, 2.05) is 13.0 Å². The number of para-hydroxylation sites is 1. The van der Waals surface area contributed by atoms with E-state index in [1.54, 1.807) is 39.8 Å². The number of aryl methyl sites for hydroxylation is 1. The lowest BCUT2D eigenvalue weighted by Crippen LogP contribution is -2.44. The Kier molecular flexibility index (Phi) is 5.61. The van der Waals surface area contributed by atoms with Crippen molar-refractivity contribution in [1.29, 1.82) is 0 Å². The first kappa shape index (κ1) is 17.3. The molecule has 0 fully saturated rings. The van der Waals surface area contributed by atoms with Crippen LogP contribution in [0.25, 0.3) is 0 Å². The van der Waals surface area contributed by atoms with E-state index >= 15 is 0 Å². The van der Waals surface area contributed by atoms with Crippen LogP contribution in [0.15, 0.2) is 18.2 Å². The normalized spacial score (nSPS) is 12.5. The van der Waals surface area contributed by atoms with E-state index in [4.69, 9.17) is 16.3 Å². The molecule has 0 spiro atoms. The number of hydrogen-bond donors (Lipinski definition) is 2. The van der Waals surface area contributed by atoms with E-state index in [1.165, 1.54) is 0 Å². The average molecular weight is 313 g/mol. The van der Waals surface area contributed by atoms with Crippen molar-refractivity contribution in [2.45, 2.75) is 46.3 Å². The number of benzene rings is 1. The molecule has 0 aliphatic carbocycles. The van der Waals surface area contributed by atoms with Crippen molar-refractivity contribution < 1.29 is 14.3 Å². The number of rotatable bonds is 3. The van der Waals surface area contributed by atoms with Gasteiger partial charge in [-0.25, -0.2) is 4.79 Å². The highest BCUT2D eigenvalue weighted by atomic mass is 35.5. The molecule has 5 nitrogen and oxygen atoms in total. The second-order valence-electron chi connectivity index (χ2n) is 5.79. The van der Waals surface area contributed by atoms with Crippen LogP contribution in [0, 0.1) is 6.92 Å². The van der Waals surface area contributed by atoms with Crippen LogP contribution >= 0.6 is 11.6 Å². The number of alkyl carbamates (subject to hydrolysis) is 1. The molecular weight excluding hydrogens is 292 g/mol. The van der Waals surface area contributed by atoms with Crippen LogP contribution in [-0.4, -0.2) is 23.6 Å². The lowest BCUT2D eigenvalue weighted by molar-refractivity contribution is -0.117. The number of ether oxygens (including phenoxy) is 1. The highest BCUT2D eigenvalue weighted by Crippen LogP contribution is 2.25. The number of amides is 2. The van der Waals surface area contributed by atoms with Gasteiger partial charge >= 0.3 is 6.09 Å². The van der Waals surface area contributed by atoms with Crippen LogP contribution in [0.3, 0.4) is 0 Å². The predicted octanol–water partition coefficient (Wildman–Crippen LogP) is 3.50. The fourth-order valence-electron chi connectivity index (χ4n) is 1.57. The zero-order valence-corrected chi connectivity index (χ0v) is 13.7. The Hall–Kier alpha value is -1.75. The maximum absolute atomic E-state index is 12.1. The van der Waals surface area contributed by atoms with Crippen LogP contribution < -0.4 is 10.6 Å². The Labute approximate surface area is 130 Å². The van der Waals surface area contributed by atoms with E-state index in [9.17, 15) is 9.59 Å². The summed E-state index contributed by atoms with van der Waals surface area (Å²) < 4.78 is 5.10. The molecular formula is C15H21ClN2O3. The van der Waals surface area contributed by atoms with Crippen molar-refractivity contribution in [2.75, 3.05) is 5.32 Å². The molecule has 0 aliphatic rings. The molecule has 0 bridgehead atoms. The zero-order chi connectivity index (χ0) is 16.2. The largest absolute Gasteiger partial charge is 0.444 e. The minimum atomic E-state index is -0.740. The Morgan fingerprint density at radius 3 is 2.43 bits per heavy atom. The minimum absolute atomic E-state index is 0.364. The molecule has 0 saturated heterocycles. The zero-order valence-electron chi connectivity index (χ0n) is 12.9. The lowest BCUT2D eigenvalue weighted by atomic mass is 10.2. The van der Waals surface area contributed by atoms with Crippen molar-refractivity contribution in [3.8, 4) is 0 Å². The molecule has 0 aromatic heterocycles. The van der Waals surface area contributed by atoms with Gasteiger partial charge in [0, 0.05) is 0 Å². The molecule has 1 aromatic carbocycles. The Morgan fingerprint density at radius 1 is 1.29 bits per heavy atom. The molecule has 1 atom stereocenters. The van der Waals surface area contributed by atoms with Gasteiger partial charge in [0.1, 0.15) is 11.6 Å². The third-order valence-corrected chi connectivity index (χ3v) is 2.91. The summed E-state index contributed by atoms with van der Waals surface area (Å²) in [4.78, 5) is 23.7. The second-order valence-corrected chi connectivity index (χ2v) is 6.20. The van der Waals surface area contributed by atoms with Crippen LogP contribution in [0.1, 0.15) is 33.3 Å². The third-order valence-electron chi connectivity index (χ3n) is 2.60. The van der Waals surface area contributed by atoms with Gasteiger partial charge in [0.2, 0.25) is 5.91 Å². The summed E-state index contributed by atoms with van der Waals surface area (Å²) in [7, 11) is 0. The maximum atomic E-state index is 12.1. The molecule has 116 valence electrons. The molecule has 2 N–H and O–H groups in total. The summed E-state index contributed by atoms with van der Waals surface area (Å²) >= 11 is 6.04. The van der Waals surface area contributed by atoms with Gasteiger partial charge in [0.15, 0.2) is 0 Å². The first-order chi connectivity index (χ1) is 9.60. The highest BCUT2D eigenvalue weighted by molar-refractivity contribution is 6.34. The maximum Gasteiger partial charge on any atom is 0.408 e. The van der Waals surface area contributed by atoms with Gasteiger partial charge in [-0.05, 0) is 46.2 Å². The van der Waals surface area contributed by atoms with Crippen LogP contribution in [0.5, 0.6) is 0 Å². The van der Waals surface area contributed by atoms with Gasteiger partial charge in [0.05, 0.1) is 10.7 Å². The van der Waals surface area contributed by atoms with E-state index in [0.717, 1.165) is 5.56 Å². The van der Waals surface area contributed by atoms with Crippen LogP contribution in [0.2, 0.25) is 5.02 Å². The highest BCUT2D eigenvalue weighted by Gasteiger charge is 2.21. The van der Waals surface area contributed by atoms with Crippen molar-refractivity contribution in [2.24, 2.45) is 0 Å². The van der Waals surface area contributed by atoms with Gasteiger partial charge in [-0.2, -0.15) is 0 Å². The molecule has 0 aliphatic heterocycles. The fraction of sp³-hybridized carbons (Fsp3) is 0.467. The first-order valence-electron chi connectivity index (χ1n) is 6.65. The summed E-state index contributed by atoms with van der Waals surface area (Å²) in [5.41, 5.74) is 0.780. The van der Waals surface area contributed by atoms with Gasteiger partial charge in [-0.15, -0.1) is 0 Å². The van der Waals surface area contributed by atoms with Gasteiger partial charge in [0.25, 0.3) is 0 Å². The number of halogens is 1. The summed E-state index contributed by atoms with van der Waals surface area (Å²) in [6, 6.07) is 4.59. The lowest BCUT2D eigenvalue weighted by Gasteiger charge is -2.22. The summed E-state index contributed by atoms with van der Waals surface area (Å²) in [6.45, 7) is 8.68. The Bertz CT molecular complexity index is 518. The number of nitrogens with one attached hydrogen (secondary N) is 2. The number of anilines is 1. The first-order valence-corrected chi connectivity index (χ1v) is 7.03. The SMILES string of the molecule is Cc1cccc(Cl)c1NC(=O)C(C)NC(=O)OC(C)(C)C. The summed E-state index contributed by atoms with van der Waals surface area (Å²) in [5.74, 6) is -0.364. The van der Waals surface area contributed by atoms with Crippen LogP contribution in [0.4, 0.5) is 10.5 Å². The Morgan fingerprint density at radius 2 is 1.90 bits per heavy atom. The molecule has 0 radical (unpaired) electrons. The van der Waals surface area contributed by atoms with Crippen molar-refractivity contribution in [3.63, 3.8) is 0 Å². The molecule has 0 saturated carbocycles. The van der Waals surface area contributed by atoms with Crippen molar-refractivity contribution in [3.05, 3.63) is 28.8 Å². The Balaban J connectivity index is 2.65. The quantitative estimate of drug-likeness (QED) is 0.897. The topological polar surface area (TPSA) is 67.4 Å². The van der Waals surface area contributed by atoms with E-state index in [0.29, 0.717) is 10.7 Å². The third kappa shape index (κ3) is 5.63. The van der Waals surface area contributed by atoms with Gasteiger partial charge < -0.3 is 15.4 Å². The number of hydrogen-bond acceptors (Lipinski definition) is 3. The minimum Gasteiger partial charge on any atom is -0.444 e. The van der Waals surface area contributed by atoms with Gasteiger partial charge in [-0.3, -0.25) is 4.79 Å². The second kappa shape index (κ2) is 6.80. The smallest absolute Gasteiger partial charge is 0.408 e. The molecule has 1 aromatic rings. The summed E-state index contributed by atoms with van der Waals surface area (Å²) in [5, 5.41) is 5.64. The van der Waals surface area contributed by atoms with E-state index < -0.39 is 17.7 Å². The standard InChI is InChI=1S/C15H21ClN2O3/c1-9-7-6-8-11(16)12(9)18-13(19)10(2)17-14(20)21-15(3,4)5/h6-8,10H,1-5H3,(H,17,20)(H,18,19). The predicted molar refractivity (Wildman–Crippen MR) is 83.7 cm³/mol. The molecule has 6 heteroatoms. The number of carbonyl (C=O) groups excluding carboxylic acids is 2. The van der Waals surface area contributed by atoms with E-state index in [2.05, 4.69) is 10.6 Å². The van der Waals surface area contributed by atoms with Crippen LogP contribution in [-0.2, 0) is 9.53 Å². The summed E-state index contributed by atoms with van der Waals surface area (Å²) in [6.07, 6.45) is -0.638. The van der Waals surface area contributed by atoms with Crippen molar-refractivity contribution >= 4 is 29.3 Å². The fourth-order valence-corrected chi connectivity index (χ4v) is 1.84. The average Bonchev–Trinajstić information content (AvgIpc) is 2.31. The number of carbonyl (C=O) groups is 2. The molecule has 1 rings (SSSR count).